The predicted octanol–water partition coefficient (Wildman–Crippen LogP) is 7.66. The first-order valence-corrected chi connectivity index (χ1v) is 23.0. The van der Waals surface area contributed by atoms with Gasteiger partial charge in [0.05, 0.1) is 19.3 Å². The van der Waals surface area contributed by atoms with Crippen LogP contribution in [-0.2, 0) is 37.3 Å². The van der Waals surface area contributed by atoms with Crippen molar-refractivity contribution in [2.45, 2.75) is 129 Å². The molecular formula is C36H64O8Si2. The minimum absolute atomic E-state index is 0.0244. The maximum Gasteiger partial charge on any atom is 0.192 e. The number of carbonyl (C=O) groups excluding carboxylic acids is 1. The molecule has 0 aromatic carbocycles. The summed E-state index contributed by atoms with van der Waals surface area (Å²) in [6.45, 7) is 29.0. The van der Waals surface area contributed by atoms with Crippen molar-refractivity contribution in [2.75, 3.05) is 47.6 Å². The Morgan fingerprint density at radius 2 is 1.52 bits per heavy atom. The summed E-state index contributed by atoms with van der Waals surface area (Å²) in [6, 6.07) is 0. The zero-order valence-electron chi connectivity index (χ0n) is 31.4. The van der Waals surface area contributed by atoms with Crippen LogP contribution in [-0.4, -0.2) is 87.9 Å². The third kappa shape index (κ3) is 6.37. The largest absolute Gasteiger partial charge is 0.417 e. The van der Waals surface area contributed by atoms with Crippen molar-refractivity contribution < 1.29 is 37.3 Å². The van der Waals surface area contributed by atoms with Gasteiger partial charge in [-0.25, -0.2) is 0 Å². The van der Waals surface area contributed by atoms with E-state index < -0.39 is 28.3 Å². The molecule has 3 aliphatic carbocycles. The van der Waals surface area contributed by atoms with Crippen LogP contribution in [0.4, 0.5) is 0 Å². The van der Waals surface area contributed by atoms with Crippen molar-refractivity contribution in [1.29, 1.82) is 0 Å². The first kappa shape index (κ1) is 38.1. The van der Waals surface area contributed by atoms with Crippen LogP contribution in [0.25, 0.3) is 0 Å². The summed E-state index contributed by atoms with van der Waals surface area (Å²) in [7, 11) is -0.881. The molecule has 0 unspecified atom stereocenters. The SMILES string of the molecule is COCO[C@H]1[C@H](OCOC)[C@@]2(CO[Si](C)(C)C(C)(C)C)OC[C@]3(C=CC4=C(C)C(=O)CC[C@]4(C)[C@@H]13)[C@H]2CCO[Si](C)(C)C(C)(C)C. The Morgan fingerprint density at radius 3 is 2.11 bits per heavy atom. The lowest BCUT2D eigenvalue weighted by molar-refractivity contribution is -0.271. The molecule has 1 aliphatic heterocycles. The number of hydrogen-bond acceptors (Lipinski definition) is 8. The van der Waals surface area contributed by atoms with Gasteiger partial charge >= 0.3 is 0 Å². The Kier molecular flexibility index (Phi) is 10.9. The second kappa shape index (κ2) is 13.2. The minimum atomic E-state index is -2.18. The number of hydrogen-bond donors (Lipinski definition) is 0. The van der Waals surface area contributed by atoms with Gasteiger partial charge in [0.1, 0.15) is 25.3 Å². The molecule has 46 heavy (non-hydrogen) atoms. The monoisotopic (exact) mass is 680 g/mol. The molecule has 0 N–H and O–H groups in total. The lowest BCUT2D eigenvalue weighted by Gasteiger charge is -2.62. The molecule has 0 radical (unpaired) electrons. The topological polar surface area (TPSA) is 81.7 Å². The quantitative estimate of drug-likeness (QED) is 0.145. The van der Waals surface area contributed by atoms with Crippen LogP contribution in [0.2, 0.25) is 36.3 Å². The minimum Gasteiger partial charge on any atom is -0.417 e. The molecule has 1 spiro atoms. The van der Waals surface area contributed by atoms with Gasteiger partial charge in [-0.2, -0.15) is 0 Å². The smallest absolute Gasteiger partial charge is 0.192 e. The first-order chi connectivity index (χ1) is 21.2. The van der Waals surface area contributed by atoms with Crippen LogP contribution in [0.5, 0.6) is 0 Å². The Bertz CT molecular complexity index is 1180. The lowest BCUT2D eigenvalue weighted by atomic mass is 9.43. The molecule has 10 heteroatoms. The summed E-state index contributed by atoms with van der Waals surface area (Å²) < 4.78 is 45.8. The molecule has 1 saturated carbocycles. The highest BCUT2D eigenvalue weighted by atomic mass is 28.4. The molecule has 4 rings (SSSR count). The van der Waals surface area contributed by atoms with Gasteiger partial charge in [0.2, 0.25) is 0 Å². The van der Waals surface area contributed by atoms with Gasteiger partial charge in [0.15, 0.2) is 22.4 Å². The van der Waals surface area contributed by atoms with Gasteiger partial charge < -0.3 is 32.5 Å². The van der Waals surface area contributed by atoms with E-state index >= 15 is 0 Å². The highest BCUT2D eigenvalue weighted by Crippen LogP contribution is 2.69. The van der Waals surface area contributed by atoms with Gasteiger partial charge in [0, 0.05) is 44.5 Å². The van der Waals surface area contributed by atoms with E-state index in [1.807, 2.05) is 6.92 Å². The number of Topliss-reactive ketones (excluding diaryl/α,β-unsaturated/α-hetero) is 1. The van der Waals surface area contributed by atoms with Crippen molar-refractivity contribution in [3.8, 4) is 0 Å². The summed E-state index contributed by atoms with van der Waals surface area (Å²) in [4.78, 5) is 13.0. The summed E-state index contributed by atoms with van der Waals surface area (Å²) >= 11 is 0. The van der Waals surface area contributed by atoms with E-state index in [1.165, 1.54) is 0 Å². The van der Waals surface area contributed by atoms with Crippen LogP contribution in [0.3, 0.4) is 0 Å². The van der Waals surface area contributed by atoms with Crippen molar-refractivity contribution >= 4 is 22.4 Å². The molecule has 7 atom stereocenters. The number of methoxy groups -OCH3 is 2. The molecule has 8 nitrogen and oxygen atoms in total. The van der Waals surface area contributed by atoms with Crippen LogP contribution in [0.15, 0.2) is 23.3 Å². The standard InChI is InChI=1S/C36H64O8Si2/c1-25-26-15-19-35-21-42-36(22-44-46(13,14)33(5,6)7,28(35)17-20-43-45(11,12)32(2,3)4)31(41-24-39-10)29(40-23-38-9)30(35)34(26,8)18-16-27(25)37/h15,19,28-31H,16-18,20-24H2,1-14H3/t28-,29-,30-,31+,34+,35-,36+/m1/s1. The highest BCUT2D eigenvalue weighted by Gasteiger charge is 2.75. The fraction of sp³-hybridized carbons (Fsp3) is 0.861. The molecule has 264 valence electrons. The molecule has 2 fully saturated rings. The Balaban J connectivity index is 1.92. The normalized spacial score (nSPS) is 35.0. The van der Waals surface area contributed by atoms with Crippen molar-refractivity contribution in [1.82, 2.24) is 0 Å². The maximum absolute atomic E-state index is 13.0. The second-order valence-corrected chi connectivity index (χ2v) is 27.2. The highest BCUT2D eigenvalue weighted by molar-refractivity contribution is 6.74. The van der Waals surface area contributed by atoms with Gasteiger partial charge in [-0.3, -0.25) is 4.79 Å². The number of rotatable bonds is 13. The fourth-order valence-corrected chi connectivity index (χ4v) is 10.3. The summed E-state index contributed by atoms with van der Waals surface area (Å²) in [6.07, 6.45) is 5.79. The Labute approximate surface area is 281 Å². The zero-order valence-corrected chi connectivity index (χ0v) is 33.4. The number of fused-ring (bicyclic) bond motifs is 3. The Hall–Kier alpha value is -0.696. The summed E-state index contributed by atoms with van der Waals surface area (Å²) in [5.41, 5.74) is 0.469. The molecule has 4 aliphatic rings. The van der Waals surface area contributed by atoms with E-state index in [1.54, 1.807) is 14.2 Å². The van der Waals surface area contributed by atoms with Crippen molar-refractivity contribution in [3.63, 3.8) is 0 Å². The predicted molar refractivity (Wildman–Crippen MR) is 187 cm³/mol. The fourth-order valence-electron chi connectivity index (χ4n) is 8.24. The third-order valence-electron chi connectivity index (χ3n) is 13.0. The number of ketones is 1. The number of ether oxygens (including phenoxy) is 5. The number of carbonyl (C=O) groups is 1. The molecule has 2 bridgehead atoms. The van der Waals surface area contributed by atoms with E-state index in [4.69, 9.17) is 32.5 Å². The summed E-state index contributed by atoms with van der Waals surface area (Å²) in [5, 5.41) is 0.128. The van der Waals surface area contributed by atoms with E-state index in [-0.39, 0.29) is 58.2 Å². The molecule has 1 saturated heterocycles. The van der Waals surface area contributed by atoms with E-state index in [0.717, 1.165) is 24.0 Å². The van der Waals surface area contributed by atoms with Gasteiger partial charge in [-0.05, 0) is 72.6 Å². The second-order valence-electron chi connectivity index (χ2n) is 17.6. The van der Waals surface area contributed by atoms with Crippen molar-refractivity contribution in [3.05, 3.63) is 23.3 Å². The van der Waals surface area contributed by atoms with Gasteiger partial charge in [0.25, 0.3) is 0 Å². The van der Waals surface area contributed by atoms with E-state index in [9.17, 15) is 4.79 Å². The first-order valence-electron chi connectivity index (χ1n) is 17.2. The average Bonchev–Trinajstić information content (AvgIpc) is 3.18. The molecule has 1 heterocycles. The van der Waals surface area contributed by atoms with Crippen molar-refractivity contribution in [2.24, 2.45) is 22.7 Å². The molecule has 0 aromatic rings. The van der Waals surface area contributed by atoms with Gasteiger partial charge in [-0.15, -0.1) is 0 Å². The lowest BCUT2D eigenvalue weighted by Crippen LogP contribution is -2.71. The summed E-state index contributed by atoms with van der Waals surface area (Å²) in [5.74, 6) is 0.224. The van der Waals surface area contributed by atoms with E-state index in [0.29, 0.717) is 26.2 Å². The van der Waals surface area contributed by atoms with Crippen LogP contribution in [0, 0.1) is 22.7 Å². The van der Waals surface area contributed by atoms with Crippen LogP contribution >= 0.6 is 0 Å². The van der Waals surface area contributed by atoms with Gasteiger partial charge in [-0.1, -0.05) is 60.6 Å². The third-order valence-corrected chi connectivity index (χ3v) is 22.0. The molecule has 0 amide bonds. The molecule has 0 aromatic heterocycles. The Morgan fingerprint density at radius 1 is 0.935 bits per heavy atom. The van der Waals surface area contributed by atoms with Crippen LogP contribution < -0.4 is 0 Å². The van der Waals surface area contributed by atoms with Crippen LogP contribution in [0.1, 0.15) is 74.7 Å². The van der Waals surface area contributed by atoms with E-state index in [2.05, 4.69) is 86.8 Å². The zero-order chi connectivity index (χ0) is 34.6. The maximum atomic E-state index is 13.0. The average molecular weight is 681 g/mol. The number of allylic oxidation sites excluding steroid dienone is 3. The molecular weight excluding hydrogens is 617 g/mol.